The topological polar surface area (TPSA) is 29.5 Å². The van der Waals surface area contributed by atoms with Gasteiger partial charge in [-0.15, -0.1) is 0 Å². The van der Waals surface area contributed by atoms with Gasteiger partial charge in [0.1, 0.15) is 17.7 Å². The van der Waals surface area contributed by atoms with Crippen LogP contribution < -0.4 is 4.74 Å². The van der Waals surface area contributed by atoms with Gasteiger partial charge in [0.05, 0.1) is 6.10 Å². The number of ether oxygens (including phenoxy) is 1. The number of hydrogen-bond donors (Lipinski definition) is 1. The molecule has 0 bridgehead atoms. The van der Waals surface area contributed by atoms with Gasteiger partial charge in [-0.05, 0) is 61.7 Å². The monoisotopic (exact) mass is 274 g/mol. The average Bonchev–Trinajstić information content (AvgIpc) is 2.38. The van der Waals surface area contributed by atoms with Crippen LogP contribution in [-0.2, 0) is 0 Å². The molecule has 0 aliphatic rings. The maximum Gasteiger partial charge on any atom is 0.123 e. The summed E-state index contributed by atoms with van der Waals surface area (Å²) in [5, 5.41) is 10.4. The Morgan fingerprint density at radius 1 is 1.05 bits per heavy atom. The van der Waals surface area contributed by atoms with E-state index in [1.807, 2.05) is 38.1 Å². The maximum atomic E-state index is 13.1. The molecule has 20 heavy (non-hydrogen) atoms. The van der Waals surface area contributed by atoms with E-state index in [-0.39, 0.29) is 11.9 Å². The zero-order valence-corrected chi connectivity index (χ0v) is 11.9. The summed E-state index contributed by atoms with van der Waals surface area (Å²) < 4.78 is 18.7. The molecule has 0 aromatic heterocycles. The third kappa shape index (κ3) is 3.36. The highest BCUT2D eigenvalue weighted by Gasteiger charge is 2.13. The van der Waals surface area contributed by atoms with E-state index >= 15 is 0 Å². The van der Waals surface area contributed by atoms with Gasteiger partial charge in [0.2, 0.25) is 0 Å². The molecule has 0 amide bonds. The zero-order valence-electron chi connectivity index (χ0n) is 11.9. The van der Waals surface area contributed by atoms with Crippen LogP contribution >= 0.6 is 0 Å². The van der Waals surface area contributed by atoms with Gasteiger partial charge in [0.25, 0.3) is 0 Å². The Hall–Kier alpha value is -1.87. The lowest BCUT2D eigenvalue weighted by Crippen LogP contribution is -2.06. The smallest absolute Gasteiger partial charge is 0.123 e. The first-order chi connectivity index (χ1) is 9.47. The van der Waals surface area contributed by atoms with Crippen LogP contribution in [0.2, 0.25) is 0 Å². The largest absolute Gasteiger partial charge is 0.491 e. The molecule has 0 saturated carbocycles. The summed E-state index contributed by atoms with van der Waals surface area (Å²) in [4.78, 5) is 0. The normalized spacial score (nSPS) is 12.5. The third-order valence-corrected chi connectivity index (χ3v) is 3.09. The first-order valence-corrected chi connectivity index (χ1v) is 6.68. The van der Waals surface area contributed by atoms with Crippen LogP contribution in [0.15, 0.2) is 42.5 Å². The average molecular weight is 274 g/mol. The van der Waals surface area contributed by atoms with E-state index in [1.165, 1.54) is 12.1 Å². The first-order valence-electron chi connectivity index (χ1n) is 6.68. The number of benzene rings is 2. The predicted octanol–water partition coefficient (Wildman–Crippen LogP) is 4.00. The van der Waals surface area contributed by atoms with E-state index < -0.39 is 6.10 Å². The number of rotatable bonds is 4. The van der Waals surface area contributed by atoms with Gasteiger partial charge in [-0.25, -0.2) is 4.39 Å². The molecule has 0 heterocycles. The van der Waals surface area contributed by atoms with Crippen LogP contribution in [0.4, 0.5) is 4.39 Å². The van der Waals surface area contributed by atoms with Gasteiger partial charge < -0.3 is 9.84 Å². The standard InChI is InChI=1S/C17H19FO2/c1-11(2)20-15-7-4-13(5-8-15)17(19)16-9-6-14(18)10-12(16)3/h4-11,17,19H,1-3H3. The quantitative estimate of drug-likeness (QED) is 0.913. The minimum Gasteiger partial charge on any atom is -0.491 e. The molecule has 0 fully saturated rings. The van der Waals surface area contributed by atoms with Crippen molar-refractivity contribution in [2.75, 3.05) is 0 Å². The van der Waals surface area contributed by atoms with Gasteiger partial charge >= 0.3 is 0 Å². The van der Waals surface area contributed by atoms with Crippen molar-refractivity contribution in [3.05, 3.63) is 65.0 Å². The highest BCUT2D eigenvalue weighted by atomic mass is 19.1. The summed E-state index contributed by atoms with van der Waals surface area (Å²) >= 11 is 0. The summed E-state index contributed by atoms with van der Waals surface area (Å²) in [6.45, 7) is 5.72. The highest BCUT2D eigenvalue weighted by Crippen LogP contribution is 2.26. The third-order valence-electron chi connectivity index (χ3n) is 3.09. The fourth-order valence-electron chi connectivity index (χ4n) is 2.13. The second-order valence-corrected chi connectivity index (χ2v) is 5.14. The van der Waals surface area contributed by atoms with Gasteiger partial charge in [-0.2, -0.15) is 0 Å². The zero-order chi connectivity index (χ0) is 14.7. The molecule has 2 aromatic carbocycles. The van der Waals surface area contributed by atoms with Crippen molar-refractivity contribution in [3.63, 3.8) is 0 Å². The van der Waals surface area contributed by atoms with E-state index in [0.717, 1.165) is 16.9 Å². The summed E-state index contributed by atoms with van der Waals surface area (Å²) in [6.07, 6.45) is -0.645. The fourth-order valence-corrected chi connectivity index (χ4v) is 2.13. The highest BCUT2D eigenvalue weighted by molar-refractivity contribution is 5.37. The van der Waals surface area contributed by atoms with E-state index in [4.69, 9.17) is 4.74 Å². The lowest BCUT2D eigenvalue weighted by Gasteiger charge is -2.15. The second-order valence-electron chi connectivity index (χ2n) is 5.14. The van der Waals surface area contributed by atoms with Crippen molar-refractivity contribution < 1.29 is 14.2 Å². The second kappa shape index (κ2) is 6.06. The maximum absolute atomic E-state index is 13.1. The van der Waals surface area contributed by atoms with Crippen LogP contribution in [0, 0.1) is 12.7 Å². The molecule has 1 unspecified atom stereocenters. The summed E-state index contributed by atoms with van der Waals surface area (Å²) in [7, 11) is 0. The van der Waals surface area contributed by atoms with Gasteiger partial charge in [-0.1, -0.05) is 18.2 Å². The van der Waals surface area contributed by atoms with Crippen LogP contribution in [-0.4, -0.2) is 11.2 Å². The van der Waals surface area contributed by atoms with Crippen molar-refractivity contribution >= 4 is 0 Å². The molecule has 0 aliphatic heterocycles. The molecule has 0 saturated heterocycles. The Morgan fingerprint density at radius 2 is 1.70 bits per heavy atom. The molecule has 1 N–H and O–H groups in total. The molecule has 2 rings (SSSR count). The molecule has 2 nitrogen and oxygen atoms in total. The molecule has 1 atom stereocenters. The Labute approximate surface area is 118 Å². The number of aliphatic hydroxyl groups is 1. The van der Waals surface area contributed by atoms with E-state index in [2.05, 4.69) is 0 Å². The molecule has 0 radical (unpaired) electrons. The van der Waals surface area contributed by atoms with Crippen molar-refractivity contribution in [3.8, 4) is 5.75 Å². The number of aryl methyl sites for hydroxylation is 1. The lowest BCUT2D eigenvalue weighted by atomic mass is 9.97. The van der Waals surface area contributed by atoms with Crippen molar-refractivity contribution in [2.24, 2.45) is 0 Å². The summed E-state index contributed by atoms with van der Waals surface area (Å²) in [5.41, 5.74) is 2.21. The number of hydrogen-bond acceptors (Lipinski definition) is 2. The minimum atomic E-state index is -0.760. The molecule has 2 aromatic rings. The Bertz CT molecular complexity index is 576. The number of halogens is 1. The van der Waals surface area contributed by atoms with Crippen molar-refractivity contribution in [1.82, 2.24) is 0 Å². The van der Waals surface area contributed by atoms with Gasteiger partial charge in [0.15, 0.2) is 0 Å². The first kappa shape index (κ1) is 14.5. The molecule has 3 heteroatoms. The van der Waals surface area contributed by atoms with Gasteiger partial charge in [0, 0.05) is 0 Å². The van der Waals surface area contributed by atoms with E-state index in [0.29, 0.717) is 5.56 Å². The Balaban J connectivity index is 2.22. The van der Waals surface area contributed by atoms with Crippen molar-refractivity contribution in [1.29, 1.82) is 0 Å². The van der Waals surface area contributed by atoms with Crippen LogP contribution in [0.25, 0.3) is 0 Å². The van der Waals surface area contributed by atoms with Crippen LogP contribution in [0.3, 0.4) is 0 Å². The van der Waals surface area contributed by atoms with E-state index in [9.17, 15) is 9.50 Å². The lowest BCUT2D eigenvalue weighted by molar-refractivity contribution is 0.218. The fraction of sp³-hybridized carbons (Fsp3) is 0.294. The predicted molar refractivity (Wildman–Crippen MR) is 77.4 cm³/mol. The SMILES string of the molecule is Cc1cc(F)ccc1C(O)c1ccc(OC(C)C)cc1. The number of aliphatic hydroxyl groups excluding tert-OH is 1. The van der Waals surface area contributed by atoms with Crippen molar-refractivity contribution in [2.45, 2.75) is 33.0 Å². The Kier molecular flexibility index (Phi) is 4.40. The molecular formula is C17H19FO2. The summed E-state index contributed by atoms with van der Waals surface area (Å²) in [6, 6.07) is 11.7. The van der Waals surface area contributed by atoms with Crippen LogP contribution in [0.1, 0.15) is 36.6 Å². The van der Waals surface area contributed by atoms with Crippen LogP contribution in [0.5, 0.6) is 5.75 Å². The van der Waals surface area contributed by atoms with Gasteiger partial charge in [-0.3, -0.25) is 0 Å². The molecular weight excluding hydrogens is 255 g/mol. The van der Waals surface area contributed by atoms with E-state index in [1.54, 1.807) is 13.0 Å². The Morgan fingerprint density at radius 3 is 2.25 bits per heavy atom. The molecule has 106 valence electrons. The molecule has 0 spiro atoms. The molecule has 0 aliphatic carbocycles. The minimum absolute atomic E-state index is 0.116. The summed E-state index contributed by atoms with van der Waals surface area (Å²) in [5.74, 6) is 0.478.